The molecule has 0 aromatic heterocycles. The summed E-state index contributed by atoms with van der Waals surface area (Å²) in [6.07, 6.45) is 0.137. The molecule has 0 aliphatic rings. The second-order valence-electron chi connectivity index (χ2n) is 8.23. The van der Waals surface area contributed by atoms with Gasteiger partial charge in [-0.1, -0.05) is 30.3 Å². The lowest BCUT2D eigenvalue weighted by Crippen LogP contribution is -2.46. The molecule has 0 saturated heterocycles. The van der Waals surface area contributed by atoms with Gasteiger partial charge in [0.15, 0.2) is 0 Å². The monoisotopic (exact) mass is 448 g/mol. The molecule has 3 rings (SSSR count). The van der Waals surface area contributed by atoms with Crippen LogP contribution in [-0.2, 0) is 0 Å². The Hall–Kier alpha value is -4.42. The highest BCUT2D eigenvalue weighted by molar-refractivity contribution is 6.03. The Morgan fingerprint density at radius 1 is 0.735 bits per heavy atom. The van der Waals surface area contributed by atoms with Crippen molar-refractivity contribution in [3.05, 3.63) is 89.0 Å². The number of hydrazine groups is 1. The van der Waals surface area contributed by atoms with E-state index in [2.05, 4.69) is 29.7 Å². The summed E-state index contributed by atoms with van der Waals surface area (Å²) >= 11 is 0. The van der Waals surface area contributed by atoms with Crippen molar-refractivity contribution in [3.8, 4) is 12.1 Å². The molecular formula is C28H28N6. The summed E-state index contributed by atoms with van der Waals surface area (Å²) in [7, 11) is 0. The molecule has 3 aromatic carbocycles. The number of amidine groups is 2. The van der Waals surface area contributed by atoms with E-state index in [1.54, 1.807) is 5.01 Å². The first kappa shape index (κ1) is 24.2. The standard InChI is InChI=1S/C28H28N6/c1-20-14-21(2)17-24(16-20)31-27(10-12-29)33-34(26-8-6-5-7-9-26)28(11-13-30)32-25-18-22(3)15-23(4)19-25/h5-9,14-19H,10-11H2,1-4H3,(H,31,33). The molecule has 0 fully saturated rings. The number of nitrogens with one attached hydrogen (secondary N) is 1. The number of benzene rings is 3. The topological polar surface area (TPSA) is 87.6 Å². The molecule has 0 aliphatic heterocycles. The van der Waals surface area contributed by atoms with Crippen molar-refractivity contribution in [3.63, 3.8) is 0 Å². The zero-order chi connectivity index (χ0) is 24.5. The van der Waals surface area contributed by atoms with Gasteiger partial charge in [-0.25, -0.2) is 15.0 Å². The average molecular weight is 449 g/mol. The highest BCUT2D eigenvalue weighted by atomic mass is 15.5. The SMILES string of the molecule is Cc1cc(C)cc(N=C(CC#N)NN(C(CC#N)=Nc2cc(C)cc(C)c2)c2ccccc2)c1. The summed E-state index contributed by atoms with van der Waals surface area (Å²) in [6.45, 7) is 8.07. The van der Waals surface area contributed by atoms with Crippen LogP contribution in [0.3, 0.4) is 0 Å². The third kappa shape index (κ3) is 6.79. The predicted molar refractivity (Wildman–Crippen MR) is 139 cm³/mol. The van der Waals surface area contributed by atoms with Crippen molar-refractivity contribution in [1.82, 2.24) is 5.43 Å². The second-order valence-corrected chi connectivity index (χ2v) is 8.23. The van der Waals surface area contributed by atoms with Crippen LogP contribution in [0.2, 0.25) is 0 Å². The minimum absolute atomic E-state index is 0.0677. The van der Waals surface area contributed by atoms with Gasteiger partial charge in [0.2, 0.25) is 0 Å². The van der Waals surface area contributed by atoms with E-state index in [0.29, 0.717) is 11.7 Å². The first-order valence-electron chi connectivity index (χ1n) is 11.1. The van der Waals surface area contributed by atoms with Gasteiger partial charge in [-0.3, -0.25) is 5.43 Å². The Morgan fingerprint density at radius 2 is 1.24 bits per heavy atom. The first-order chi connectivity index (χ1) is 16.4. The van der Waals surface area contributed by atoms with Gasteiger partial charge in [0.25, 0.3) is 0 Å². The molecule has 34 heavy (non-hydrogen) atoms. The van der Waals surface area contributed by atoms with Crippen LogP contribution in [-0.4, -0.2) is 11.7 Å². The molecule has 0 unspecified atom stereocenters. The molecule has 0 saturated carbocycles. The van der Waals surface area contributed by atoms with E-state index >= 15 is 0 Å². The number of nitrogens with zero attached hydrogens (tertiary/aromatic N) is 5. The smallest absolute Gasteiger partial charge is 0.143 e. The summed E-state index contributed by atoms with van der Waals surface area (Å²) in [6, 6.07) is 26.1. The molecule has 0 spiro atoms. The number of aryl methyl sites for hydroxylation is 4. The van der Waals surface area contributed by atoms with Gasteiger partial charge >= 0.3 is 0 Å². The summed E-state index contributed by atoms with van der Waals surface area (Å²) in [4.78, 5) is 9.53. The molecule has 0 aliphatic carbocycles. The first-order valence-corrected chi connectivity index (χ1v) is 11.1. The van der Waals surface area contributed by atoms with Gasteiger partial charge in [0.1, 0.15) is 11.7 Å². The van der Waals surface area contributed by atoms with E-state index in [1.807, 2.05) is 82.3 Å². The van der Waals surface area contributed by atoms with Crippen LogP contribution >= 0.6 is 0 Å². The number of hydrogen-bond donors (Lipinski definition) is 1. The Labute approximate surface area is 201 Å². The summed E-state index contributed by atoms with van der Waals surface area (Å²) in [5.74, 6) is 0.965. The fraction of sp³-hybridized carbons (Fsp3) is 0.214. The molecule has 3 aromatic rings. The van der Waals surface area contributed by atoms with Crippen LogP contribution in [0.4, 0.5) is 17.1 Å². The molecule has 6 nitrogen and oxygen atoms in total. The molecule has 0 atom stereocenters. The van der Waals surface area contributed by atoms with Crippen molar-refractivity contribution in [2.75, 3.05) is 5.01 Å². The Balaban J connectivity index is 2.10. The third-order valence-corrected chi connectivity index (χ3v) is 4.93. The summed E-state index contributed by atoms with van der Waals surface area (Å²) < 4.78 is 0. The zero-order valence-electron chi connectivity index (χ0n) is 20.0. The van der Waals surface area contributed by atoms with Gasteiger partial charge in [0, 0.05) is 0 Å². The fourth-order valence-electron chi connectivity index (χ4n) is 3.74. The van der Waals surface area contributed by atoms with Gasteiger partial charge in [-0.05, 0) is 86.3 Å². The Kier molecular flexibility index (Phi) is 8.16. The number of para-hydroxylation sites is 1. The maximum atomic E-state index is 9.59. The van der Waals surface area contributed by atoms with Crippen LogP contribution in [0.15, 0.2) is 76.7 Å². The lowest BCUT2D eigenvalue weighted by molar-refractivity contribution is 0.929. The minimum atomic E-state index is 0.0677. The van der Waals surface area contributed by atoms with Crippen LogP contribution in [0.1, 0.15) is 35.1 Å². The maximum absolute atomic E-state index is 9.59. The number of hydrogen-bond acceptors (Lipinski definition) is 4. The Bertz CT molecular complexity index is 1250. The van der Waals surface area contributed by atoms with Gasteiger partial charge in [0.05, 0.1) is 42.0 Å². The average Bonchev–Trinajstić information content (AvgIpc) is 2.76. The normalized spacial score (nSPS) is 11.5. The zero-order valence-corrected chi connectivity index (χ0v) is 20.0. The lowest BCUT2D eigenvalue weighted by atomic mass is 10.1. The molecule has 6 heteroatoms. The molecule has 1 N–H and O–H groups in total. The van der Waals surface area contributed by atoms with Crippen molar-refractivity contribution in [1.29, 1.82) is 10.5 Å². The minimum Gasteiger partial charge on any atom is -0.278 e. The van der Waals surface area contributed by atoms with Crippen molar-refractivity contribution >= 4 is 28.7 Å². The second kappa shape index (κ2) is 11.4. The number of nitriles is 2. The van der Waals surface area contributed by atoms with E-state index < -0.39 is 0 Å². The highest BCUT2D eigenvalue weighted by Crippen LogP contribution is 2.22. The molecular weight excluding hydrogens is 420 g/mol. The highest BCUT2D eigenvalue weighted by Gasteiger charge is 2.17. The van der Waals surface area contributed by atoms with E-state index in [9.17, 15) is 10.5 Å². The van der Waals surface area contributed by atoms with Crippen LogP contribution in [0.25, 0.3) is 0 Å². The Morgan fingerprint density at radius 3 is 1.74 bits per heavy atom. The van der Waals surface area contributed by atoms with Crippen LogP contribution in [0, 0.1) is 50.4 Å². The van der Waals surface area contributed by atoms with E-state index in [0.717, 1.165) is 39.3 Å². The number of rotatable bonds is 5. The number of anilines is 1. The molecule has 0 amide bonds. The lowest BCUT2D eigenvalue weighted by Gasteiger charge is -2.27. The van der Waals surface area contributed by atoms with Crippen molar-refractivity contribution in [2.45, 2.75) is 40.5 Å². The molecule has 0 radical (unpaired) electrons. The van der Waals surface area contributed by atoms with Crippen molar-refractivity contribution in [2.24, 2.45) is 9.98 Å². The molecule has 0 heterocycles. The van der Waals surface area contributed by atoms with E-state index in [4.69, 9.17) is 9.98 Å². The van der Waals surface area contributed by atoms with E-state index in [1.165, 1.54) is 0 Å². The van der Waals surface area contributed by atoms with Gasteiger partial charge in [-0.15, -0.1) is 0 Å². The maximum Gasteiger partial charge on any atom is 0.143 e. The number of aliphatic imine (C=N–C) groups is 2. The molecule has 0 bridgehead atoms. The third-order valence-electron chi connectivity index (χ3n) is 4.93. The van der Waals surface area contributed by atoms with Gasteiger partial charge < -0.3 is 0 Å². The van der Waals surface area contributed by atoms with Crippen molar-refractivity contribution < 1.29 is 0 Å². The van der Waals surface area contributed by atoms with Crippen LogP contribution in [0.5, 0.6) is 0 Å². The summed E-state index contributed by atoms with van der Waals surface area (Å²) in [5, 5.41) is 20.8. The summed E-state index contributed by atoms with van der Waals surface area (Å²) in [5.41, 5.74) is 9.95. The van der Waals surface area contributed by atoms with E-state index in [-0.39, 0.29) is 12.8 Å². The molecule has 170 valence electrons. The largest absolute Gasteiger partial charge is 0.278 e. The van der Waals surface area contributed by atoms with Gasteiger partial charge in [-0.2, -0.15) is 10.5 Å². The quantitative estimate of drug-likeness (QED) is 0.273. The predicted octanol–water partition coefficient (Wildman–Crippen LogP) is 6.52. The fourth-order valence-corrected chi connectivity index (χ4v) is 3.74. The van der Waals surface area contributed by atoms with Crippen LogP contribution < -0.4 is 10.4 Å².